The minimum atomic E-state index is -0.417. The number of aromatic nitrogens is 1. The molecule has 3 nitrogen and oxygen atoms in total. The highest BCUT2D eigenvalue weighted by Gasteiger charge is 2.32. The van der Waals surface area contributed by atoms with E-state index in [0.29, 0.717) is 22.3 Å². The van der Waals surface area contributed by atoms with Crippen molar-refractivity contribution in [3.63, 3.8) is 0 Å². The lowest BCUT2D eigenvalue weighted by atomic mass is 9.94. The zero-order valence-corrected chi connectivity index (χ0v) is 9.59. The number of nitrogens with zero attached hydrogens (tertiary/aromatic N) is 1. The maximum atomic E-state index is 11.7. The highest BCUT2D eigenvalue weighted by molar-refractivity contribution is 9.10. The topological polar surface area (TPSA) is 39.2 Å². The van der Waals surface area contributed by atoms with Gasteiger partial charge >= 0.3 is 0 Å². The van der Waals surface area contributed by atoms with Gasteiger partial charge in [0.1, 0.15) is 16.0 Å². The molecule has 1 aromatic heterocycles. The Morgan fingerprint density at radius 1 is 1.57 bits per heavy atom. The van der Waals surface area contributed by atoms with Crippen molar-refractivity contribution >= 4 is 21.7 Å². The molecule has 0 fully saturated rings. The molecule has 0 aromatic carbocycles. The Bertz CT molecular complexity index is 401. The van der Waals surface area contributed by atoms with Crippen LogP contribution in [0, 0.1) is 0 Å². The van der Waals surface area contributed by atoms with Crippen molar-refractivity contribution in [2.75, 3.05) is 0 Å². The maximum Gasteiger partial charge on any atom is 0.170 e. The van der Waals surface area contributed by atoms with Crippen LogP contribution in [0.25, 0.3) is 0 Å². The fraction of sp³-hybridized carbons (Fsp3) is 0.400. The number of fused-ring (bicyclic) bond motifs is 1. The molecule has 14 heavy (non-hydrogen) atoms. The molecular formula is C10H10BrNO2. The van der Waals surface area contributed by atoms with Crippen LogP contribution in [0.5, 0.6) is 5.75 Å². The van der Waals surface area contributed by atoms with Crippen LogP contribution in [0.3, 0.4) is 0 Å². The molecular weight excluding hydrogens is 246 g/mol. The molecule has 0 aliphatic carbocycles. The summed E-state index contributed by atoms with van der Waals surface area (Å²) in [5, 5.41) is 0. The van der Waals surface area contributed by atoms with Crippen LogP contribution >= 0.6 is 15.9 Å². The summed E-state index contributed by atoms with van der Waals surface area (Å²) in [5.41, 5.74) is 0.200. The number of hydrogen-bond acceptors (Lipinski definition) is 3. The molecule has 1 aromatic rings. The normalized spacial score (nSPS) is 18.6. The highest BCUT2D eigenvalue weighted by Crippen LogP contribution is 2.33. The smallest absolute Gasteiger partial charge is 0.170 e. The Hall–Kier alpha value is -0.900. The van der Waals surface area contributed by atoms with Gasteiger partial charge in [0.25, 0.3) is 0 Å². The summed E-state index contributed by atoms with van der Waals surface area (Å²) in [5.74, 6) is 0.689. The van der Waals surface area contributed by atoms with E-state index >= 15 is 0 Å². The third kappa shape index (κ3) is 1.66. The Morgan fingerprint density at radius 3 is 3.00 bits per heavy atom. The Morgan fingerprint density at radius 2 is 2.29 bits per heavy atom. The van der Waals surface area contributed by atoms with E-state index in [4.69, 9.17) is 4.74 Å². The van der Waals surface area contributed by atoms with Crippen molar-refractivity contribution in [2.45, 2.75) is 25.9 Å². The maximum absolute atomic E-state index is 11.7. The molecule has 74 valence electrons. The summed E-state index contributed by atoms with van der Waals surface area (Å²) in [7, 11) is 0. The van der Waals surface area contributed by atoms with Gasteiger partial charge in [-0.2, -0.15) is 0 Å². The molecule has 0 radical (unpaired) electrons. The SMILES string of the molecule is CC1(C)CC(=O)c2cc(Br)ncc2O1. The number of carbonyl (C=O) groups is 1. The molecule has 1 aliphatic heterocycles. The number of pyridine rings is 1. The lowest BCUT2D eigenvalue weighted by Gasteiger charge is -2.31. The molecule has 0 saturated carbocycles. The first-order valence-corrected chi connectivity index (χ1v) is 5.15. The lowest BCUT2D eigenvalue weighted by Crippen LogP contribution is -2.35. The van der Waals surface area contributed by atoms with Gasteiger partial charge < -0.3 is 4.74 Å². The second kappa shape index (κ2) is 3.05. The van der Waals surface area contributed by atoms with Gasteiger partial charge in [-0.1, -0.05) is 0 Å². The first kappa shape index (κ1) is 9.65. The van der Waals surface area contributed by atoms with Crippen LogP contribution in [0.15, 0.2) is 16.9 Å². The van der Waals surface area contributed by atoms with Gasteiger partial charge in [-0.15, -0.1) is 0 Å². The fourth-order valence-corrected chi connectivity index (χ4v) is 1.86. The van der Waals surface area contributed by atoms with Crippen molar-refractivity contribution < 1.29 is 9.53 Å². The second-order valence-electron chi connectivity index (χ2n) is 3.96. The van der Waals surface area contributed by atoms with Crippen molar-refractivity contribution in [3.05, 3.63) is 22.4 Å². The van der Waals surface area contributed by atoms with E-state index in [1.807, 2.05) is 13.8 Å². The number of carbonyl (C=O) groups excluding carboxylic acids is 1. The minimum absolute atomic E-state index is 0.111. The van der Waals surface area contributed by atoms with Crippen LogP contribution in [0.2, 0.25) is 0 Å². The zero-order valence-electron chi connectivity index (χ0n) is 8.00. The van der Waals surface area contributed by atoms with Gasteiger partial charge in [-0.05, 0) is 35.8 Å². The van der Waals surface area contributed by atoms with E-state index < -0.39 is 5.60 Å². The highest BCUT2D eigenvalue weighted by atomic mass is 79.9. The molecule has 0 amide bonds. The summed E-state index contributed by atoms with van der Waals surface area (Å²) in [6.07, 6.45) is 1.99. The molecule has 2 rings (SSSR count). The number of halogens is 1. The van der Waals surface area contributed by atoms with E-state index in [9.17, 15) is 4.79 Å². The number of Topliss-reactive ketones (excluding diaryl/α,β-unsaturated/α-hetero) is 1. The van der Waals surface area contributed by atoms with Gasteiger partial charge in [-0.25, -0.2) is 4.98 Å². The van der Waals surface area contributed by atoms with Gasteiger partial charge in [0.05, 0.1) is 18.2 Å². The number of rotatable bonds is 0. The van der Waals surface area contributed by atoms with E-state index in [1.165, 1.54) is 0 Å². The van der Waals surface area contributed by atoms with Crippen molar-refractivity contribution in [2.24, 2.45) is 0 Å². The van der Waals surface area contributed by atoms with E-state index in [1.54, 1.807) is 12.3 Å². The van der Waals surface area contributed by atoms with Crippen LogP contribution in [0.1, 0.15) is 30.6 Å². The summed E-state index contributed by atoms with van der Waals surface area (Å²) in [6, 6.07) is 1.70. The van der Waals surface area contributed by atoms with Crippen LogP contribution in [0.4, 0.5) is 0 Å². The predicted molar refractivity (Wildman–Crippen MR) is 55.6 cm³/mol. The monoisotopic (exact) mass is 255 g/mol. The molecule has 0 atom stereocenters. The molecule has 0 N–H and O–H groups in total. The Labute approximate surface area is 90.6 Å². The molecule has 0 unspecified atom stereocenters. The van der Waals surface area contributed by atoms with E-state index in [2.05, 4.69) is 20.9 Å². The summed E-state index contributed by atoms with van der Waals surface area (Å²) in [4.78, 5) is 15.8. The predicted octanol–water partition coefficient (Wildman–Crippen LogP) is 2.59. The van der Waals surface area contributed by atoms with Crippen LogP contribution < -0.4 is 4.74 Å². The largest absolute Gasteiger partial charge is 0.485 e. The number of hydrogen-bond donors (Lipinski definition) is 0. The zero-order chi connectivity index (χ0) is 10.3. The van der Waals surface area contributed by atoms with Gasteiger partial charge in [0, 0.05) is 0 Å². The van der Waals surface area contributed by atoms with Crippen LogP contribution in [-0.2, 0) is 0 Å². The third-order valence-corrected chi connectivity index (χ3v) is 2.54. The summed E-state index contributed by atoms with van der Waals surface area (Å²) >= 11 is 3.23. The second-order valence-corrected chi connectivity index (χ2v) is 4.78. The molecule has 1 aliphatic rings. The van der Waals surface area contributed by atoms with Gasteiger partial charge in [-0.3, -0.25) is 4.79 Å². The first-order chi connectivity index (χ1) is 6.48. The van der Waals surface area contributed by atoms with Crippen molar-refractivity contribution in [1.29, 1.82) is 0 Å². The van der Waals surface area contributed by atoms with Gasteiger partial charge in [0.2, 0.25) is 0 Å². The minimum Gasteiger partial charge on any atom is -0.485 e. The number of ether oxygens (including phenoxy) is 1. The average molecular weight is 256 g/mol. The number of ketones is 1. The molecule has 4 heteroatoms. The fourth-order valence-electron chi connectivity index (χ4n) is 1.53. The Kier molecular flexibility index (Phi) is 2.10. The van der Waals surface area contributed by atoms with Crippen molar-refractivity contribution in [3.8, 4) is 5.75 Å². The quantitative estimate of drug-likeness (QED) is 0.670. The summed E-state index contributed by atoms with van der Waals surface area (Å²) in [6.45, 7) is 3.80. The average Bonchev–Trinajstić information content (AvgIpc) is 2.05. The third-order valence-electron chi connectivity index (χ3n) is 2.11. The summed E-state index contributed by atoms with van der Waals surface area (Å²) < 4.78 is 6.30. The standard InChI is InChI=1S/C10H10BrNO2/c1-10(2)4-7(13)6-3-9(11)12-5-8(6)14-10/h3,5H,4H2,1-2H3. The first-order valence-electron chi connectivity index (χ1n) is 4.36. The lowest BCUT2D eigenvalue weighted by molar-refractivity contribution is 0.0617. The molecule has 0 bridgehead atoms. The molecule has 2 heterocycles. The molecule has 0 spiro atoms. The van der Waals surface area contributed by atoms with E-state index in [-0.39, 0.29) is 5.78 Å². The molecule has 0 saturated heterocycles. The van der Waals surface area contributed by atoms with Crippen molar-refractivity contribution in [1.82, 2.24) is 4.98 Å². The van der Waals surface area contributed by atoms with E-state index in [0.717, 1.165) is 0 Å². The Balaban J connectivity index is 2.50. The van der Waals surface area contributed by atoms with Crippen LogP contribution in [-0.4, -0.2) is 16.4 Å². The van der Waals surface area contributed by atoms with Gasteiger partial charge in [0.15, 0.2) is 5.78 Å².